The monoisotopic (exact) mass is 481 g/mol. The Kier molecular flexibility index (Phi) is 10.1. The Hall–Kier alpha value is -2.87. The summed E-state index contributed by atoms with van der Waals surface area (Å²) in [6.07, 6.45) is 0.208. The third kappa shape index (κ3) is 7.56. The zero-order chi connectivity index (χ0) is 25.2. The second kappa shape index (κ2) is 13.3. The maximum Gasteiger partial charge on any atom is 0.227 e. The number of nitrogens with zero attached hydrogens (tertiary/aromatic N) is 3. The largest absolute Gasteiger partial charge is 0.497 e. The minimum absolute atomic E-state index is 0.324. The van der Waals surface area contributed by atoms with Gasteiger partial charge in [0.05, 0.1) is 36.8 Å². The Morgan fingerprint density at radius 1 is 0.971 bits per heavy atom. The average Bonchev–Trinajstić information content (AvgIpc) is 3.20. The van der Waals surface area contributed by atoms with Crippen molar-refractivity contribution in [2.75, 3.05) is 33.4 Å². The summed E-state index contributed by atoms with van der Waals surface area (Å²) < 4.78 is 19.1. The molecule has 0 aliphatic carbocycles. The highest BCUT2D eigenvalue weighted by Gasteiger charge is 2.24. The molecule has 3 rings (SSSR count). The van der Waals surface area contributed by atoms with E-state index in [1.165, 1.54) is 0 Å². The number of para-hydroxylation sites is 1. The molecule has 0 spiro atoms. The van der Waals surface area contributed by atoms with Crippen LogP contribution in [0.5, 0.6) is 17.4 Å². The number of ether oxygens (including phenoxy) is 3. The number of hydrogen-bond donors (Lipinski definition) is 1. The number of benzene rings is 2. The predicted molar refractivity (Wildman–Crippen MR) is 139 cm³/mol. The van der Waals surface area contributed by atoms with Crippen molar-refractivity contribution < 1.29 is 19.3 Å². The zero-order valence-corrected chi connectivity index (χ0v) is 21.6. The Morgan fingerprint density at radius 3 is 2.26 bits per heavy atom. The summed E-state index contributed by atoms with van der Waals surface area (Å²) >= 11 is 0. The van der Waals surface area contributed by atoms with Crippen LogP contribution in [-0.4, -0.2) is 59.3 Å². The molecule has 1 aromatic heterocycles. The van der Waals surface area contributed by atoms with Crippen LogP contribution in [0, 0.1) is 5.92 Å². The summed E-state index contributed by atoms with van der Waals surface area (Å²) in [6, 6.07) is 17.6. The molecule has 3 aromatic rings. The summed E-state index contributed by atoms with van der Waals surface area (Å²) in [4.78, 5) is 2.26. The molecule has 0 saturated carbocycles. The molecule has 7 nitrogen and oxygen atoms in total. The van der Waals surface area contributed by atoms with Gasteiger partial charge in [-0.15, -0.1) is 0 Å². The van der Waals surface area contributed by atoms with Crippen molar-refractivity contribution in [1.29, 1.82) is 0 Å². The van der Waals surface area contributed by atoms with E-state index >= 15 is 0 Å². The molecule has 0 radical (unpaired) electrons. The lowest BCUT2D eigenvalue weighted by atomic mass is 10.1. The predicted octanol–water partition coefficient (Wildman–Crippen LogP) is 5.09. The smallest absolute Gasteiger partial charge is 0.227 e. The van der Waals surface area contributed by atoms with Gasteiger partial charge in [0.2, 0.25) is 5.88 Å². The molecule has 35 heavy (non-hydrogen) atoms. The molecule has 1 atom stereocenters. The van der Waals surface area contributed by atoms with Crippen LogP contribution in [0.25, 0.3) is 5.69 Å². The van der Waals surface area contributed by atoms with Gasteiger partial charge in [-0.1, -0.05) is 39.0 Å². The fourth-order valence-electron chi connectivity index (χ4n) is 4.07. The highest BCUT2D eigenvalue weighted by atomic mass is 16.5. The van der Waals surface area contributed by atoms with E-state index in [1.54, 1.807) is 7.11 Å². The molecule has 0 saturated heterocycles. The summed E-state index contributed by atoms with van der Waals surface area (Å²) in [7, 11) is 1.65. The molecule has 0 unspecified atom stereocenters. The number of aryl methyl sites for hydroxylation is 1. The van der Waals surface area contributed by atoms with Crippen molar-refractivity contribution in [2.24, 2.45) is 5.92 Å². The summed E-state index contributed by atoms with van der Waals surface area (Å²) in [5, 5.41) is 15.5. The van der Waals surface area contributed by atoms with Crippen molar-refractivity contribution in [3.05, 3.63) is 65.9 Å². The molecule has 1 N–H and O–H groups in total. The highest BCUT2D eigenvalue weighted by molar-refractivity contribution is 5.44. The molecular weight excluding hydrogens is 442 g/mol. The Balaban J connectivity index is 2.00. The third-order valence-electron chi connectivity index (χ3n) is 5.62. The van der Waals surface area contributed by atoms with Crippen LogP contribution in [0.4, 0.5) is 0 Å². The minimum Gasteiger partial charge on any atom is -0.497 e. The van der Waals surface area contributed by atoms with E-state index in [2.05, 4.69) is 25.7 Å². The lowest BCUT2D eigenvalue weighted by Crippen LogP contribution is -2.37. The van der Waals surface area contributed by atoms with E-state index in [1.807, 2.05) is 66.2 Å². The summed E-state index contributed by atoms with van der Waals surface area (Å²) in [5.41, 5.74) is 2.94. The molecule has 1 heterocycles. The van der Waals surface area contributed by atoms with E-state index in [0.29, 0.717) is 43.9 Å². The summed E-state index contributed by atoms with van der Waals surface area (Å²) in [6.45, 7) is 11.3. The zero-order valence-electron chi connectivity index (χ0n) is 21.6. The first-order valence-electron chi connectivity index (χ1n) is 12.4. The van der Waals surface area contributed by atoms with Crippen LogP contribution in [0.1, 0.15) is 39.0 Å². The van der Waals surface area contributed by atoms with Gasteiger partial charge >= 0.3 is 0 Å². The maximum atomic E-state index is 10.6. The fourth-order valence-corrected chi connectivity index (χ4v) is 4.07. The first-order chi connectivity index (χ1) is 16.9. The number of aliphatic hydroxyl groups is 1. The second-order valence-corrected chi connectivity index (χ2v) is 9.01. The topological polar surface area (TPSA) is 69.0 Å². The molecule has 7 heteroatoms. The van der Waals surface area contributed by atoms with E-state index in [-0.39, 0.29) is 0 Å². The van der Waals surface area contributed by atoms with Crippen LogP contribution < -0.4 is 9.47 Å². The van der Waals surface area contributed by atoms with Crippen LogP contribution in [0.15, 0.2) is 54.6 Å². The van der Waals surface area contributed by atoms with Crippen LogP contribution in [-0.2, 0) is 17.7 Å². The van der Waals surface area contributed by atoms with Crippen molar-refractivity contribution in [1.82, 2.24) is 14.7 Å². The standard InChI is InChI=1S/C28H39N3O4/c1-6-27-26(19-30(17-21(3)4)18-23(32)20-34-7-2)28(31(29-27)22-11-9-8-10-12-22)35-25-15-13-24(33-5)14-16-25/h8-16,21,23,32H,6-7,17-20H2,1-5H3/t23-/m1/s1. The summed E-state index contributed by atoms with van der Waals surface area (Å²) in [5.74, 6) is 2.61. The van der Waals surface area contributed by atoms with E-state index in [0.717, 1.165) is 35.7 Å². The quantitative estimate of drug-likeness (QED) is 0.346. The van der Waals surface area contributed by atoms with E-state index < -0.39 is 6.10 Å². The molecule has 0 aliphatic heterocycles. The Morgan fingerprint density at radius 2 is 1.66 bits per heavy atom. The van der Waals surface area contributed by atoms with Gasteiger partial charge in [-0.3, -0.25) is 4.90 Å². The minimum atomic E-state index is -0.561. The van der Waals surface area contributed by atoms with Crippen LogP contribution >= 0.6 is 0 Å². The Bertz CT molecular complexity index is 1020. The fraction of sp³-hybridized carbons (Fsp3) is 0.464. The van der Waals surface area contributed by atoms with Crippen LogP contribution in [0.2, 0.25) is 0 Å². The van der Waals surface area contributed by atoms with Gasteiger partial charge in [-0.05, 0) is 55.7 Å². The molecule has 0 bridgehead atoms. The van der Waals surface area contributed by atoms with E-state index in [4.69, 9.17) is 19.3 Å². The first kappa shape index (κ1) is 26.7. The van der Waals surface area contributed by atoms with Crippen molar-refractivity contribution in [2.45, 2.75) is 46.8 Å². The van der Waals surface area contributed by atoms with Crippen molar-refractivity contribution >= 4 is 0 Å². The highest BCUT2D eigenvalue weighted by Crippen LogP contribution is 2.33. The van der Waals surface area contributed by atoms with Crippen LogP contribution in [0.3, 0.4) is 0 Å². The number of methoxy groups -OCH3 is 1. The normalized spacial score (nSPS) is 12.3. The molecule has 190 valence electrons. The van der Waals surface area contributed by atoms with E-state index in [9.17, 15) is 5.11 Å². The van der Waals surface area contributed by atoms with Gasteiger partial charge in [0.15, 0.2) is 0 Å². The lowest BCUT2D eigenvalue weighted by Gasteiger charge is -2.27. The lowest BCUT2D eigenvalue weighted by molar-refractivity contribution is 0.0173. The van der Waals surface area contributed by atoms with Crippen molar-refractivity contribution in [3.8, 4) is 23.1 Å². The number of aliphatic hydroxyl groups excluding tert-OH is 1. The molecule has 0 fully saturated rings. The second-order valence-electron chi connectivity index (χ2n) is 9.01. The number of aromatic nitrogens is 2. The SMILES string of the molecule is CCOC[C@H](O)CN(Cc1c(CC)nn(-c2ccccc2)c1Oc1ccc(OC)cc1)CC(C)C. The van der Waals surface area contributed by atoms with Gasteiger partial charge in [0.1, 0.15) is 11.5 Å². The molecule has 0 aliphatic rings. The molecular formula is C28H39N3O4. The number of rotatable bonds is 14. The van der Waals surface area contributed by atoms with Gasteiger partial charge in [-0.2, -0.15) is 5.10 Å². The average molecular weight is 482 g/mol. The third-order valence-corrected chi connectivity index (χ3v) is 5.62. The van der Waals surface area contributed by atoms with Gasteiger partial charge in [-0.25, -0.2) is 4.68 Å². The van der Waals surface area contributed by atoms with Crippen molar-refractivity contribution in [3.63, 3.8) is 0 Å². The van der Waals surface area contributed by atoms with Gasteiger partial charge < -0.3 is 19.3 Å². The first-order valence-corrected chi connectivity index (χ1v) is 12.4. The number of hydrogen-bond acceptors (Lipinski definition) is 6. The maximum absolute atomic E-state index is 10.6. The van der Waals surface area contributed by atoms with Gasteiger partial charge in [0, 0.05) is 26.2 Å². The van der Waals surface area contributed by atoms with Gasteiger partial charge in [0.25, 0.3) is 0 Å². The molecule has 2 aromatic carbocycles. The molecule has 0 amide bonds. The Labute approximate surface area is 209 Å².